The first-order valence-electron chi connectivity index (χ1n) is 8.36. The molecule has 0 saturated carbocycles. The summed E-state index contributed by atoms with van der Waals surface area (Å²) in [6.45, 7) is 1.50. The van der Waals surface area contributed by atoms with Gasteiger partial charge in [-0.15, -0.1) is 22.0 Å². The van der Waals surface area contributed by atoms with E-state index in [0.717, 1.165) is 33.5 Å². The molecule has 0 bridgehead atoms. The zero-order valence-corrected chi connectivity index (χ0v) is 14.6. The quantitative estimate of drug-likeness (QED) is 0.793. The SMILES string of the molecule is CN1CCCCC1CSc1ccc(-c2ccc3c(c2)OCO3)nn1. The molecule has 0 N–H and O–H groups in total. The van der Waals surface area contributed by atoms with Crippen LogP contribution < -0.4 is 9.47 Å². The summed E-state index contributed by atoms with van der Waals surface area (Å²) in [6.07, 6.45) is 3.94. The molecule has 0 amide bonds. The van der Waals surface area contributed by atoms with Gasteiger partial charge in [0.25, 0.3) is 0 Å². The predicted molar refractivity (Wildman–Crippen MR) is 94.6 cm³/mol. The van der Waals surface area contributed by atoms with Crippen LogP contribution in [0.15, 0.2) is 35.4 Å². The van der Waals surface area contributed by atoms with Crippen molar-refractivity contribution in [2.75, 3.05) is 26.1 Å². The lowest BCUT2D eigenvalue weighted by molar-refractivity contribution is 0.174. The number of benzene rings is 1. The van der Waals surface area contributed by atoms with E-state index < -0.39 is 0 Å². The van der Waals surface area contributed by atoms with Gasteiger partial charge in [-0.1, -0.05) is 6.42 Å². The highest BCUT2D eigenvalue weighted by atomic mass is 32.2. The molecule has 6 heteroatoms. The zero-order chi connectivity index (χ0) is 16.4. The third-order valence-electron chi connectivity index (χ3n) is 4.65. The van der Waals surface area contributed by atoms with E-state index in [2.05, 4.69) is 28.2 Å². The molecule has 0 spiro atoms. The highest BCUT2D eigenvalue weighted by Crippen LogP contribution is 2.35. The summed E-state index contributed by atoms with van der Waals surface area (Å²) in [4.78, 5) is 2.46. The summed E-state index contributed by atoms with van der Waals surface area (Å²) in [7, 11) is 2.22. The molecule has 0 aliphatic carbocycles. The fourth-order valence-corrected chi connectivity index (χ4v) is 4.19. The topological polar surface area (TPSA) is 47.5 Å². The Balaban J connectivity index is 1.41. The van der Waals surface area contributed by atoms with Crippen LogP contribution in [0.25, 0.3) is 11.3 Å². The van der Waals surface area contributed by atoms with Crippen LogP contribution >= 0.6 is 11.8 Å². The van der Waals surface area contributed by atoms with E-state index in [1.54, 1.807) is 11.8 Å². The van der Waals surface area contributed by atoms with Crippen molar-refractivity contribution in [3.8, 4) is 22.8 Å². The van der Waals surface area contributed by atoms with E-state index in [4.69, 9.17) is 9.47 Å². The molecule has 2 aliphatic heterocycles. The smallest absolute Gasteiger partial charge is 0.231 e. The molecular formula is C18H21N3O2S. The van der Waals surface area contributed by atoms with Crippen LogP contribution in [0, 0.1) is 0 Å². The first kappa shape index (κ1) is 15.7. The van der Waals surface area contributed by atoms with Crippen molar-refractivity contribution >= 4 is 11.8 Å². The Hall–Kier alpha value is -1.79. The molecule has 1 saturated heterocycles. The third kappa shape index (κ3) is 3.35. The largest absolute Gasteiger partial charge is 0.454 e. The van der Waals surface area contributed by atoms with Gasteiger partial charge in [-0.05, 0) is 56.8 Å². The van der Waals surface area contributed by atoms with E-state index in [-0.39, 0.29) is 6.79 Å². The fraction of sp³-hybridized carbons (Fsp3) is 0.444. The summed E-state index contributed by atoms with van der Waals surface area (Å²) in [6, 6.07) is 10.6. The number of hydrogen-bond acceptors (Lipinski definition) is 6. The van der Waals surface area contributed by atoms with Crippen LogP contribution in [0.2, 0.25) is 0 Å². The Bertz CT molecular complexity index is 708. The Morgan fingerprint density at radius 2 is 2.04 bits per heavy atom. The maximum absolute atomic E-state index is 5.42. The van der Waals surface area contributed by atoms with Gasteiger partial charge in [0.2, 0.25) is 6.79 Å². The number of hydrogen-bond donors (Lipinski definition) is 0. The minimum absolute atomic E-state index is 0.287. The van der Waals surface area contributed by atoms with E-state index in [1.807, 2.05) is 24.3 Å². The van der Waals surface area contributed by atoms with Crippen LogP contribution in [0.5, 0.6) is 11.5 Å². The average molecular weight is 343 g/mol. The molecule has 24 heavy (non-hydrogen) atoms. The van der Waals surface area contributed by atoms with Gasteiger partial charge >= 0.3 is 0 Å². The van der Waals surface area contributed by atoms with Gasteiger partial charge in [-0.3, -0.25) is 0 Å². The molecule has 4 rings (SSSR count). The molecule has 2 aromatic rings. The van der Waals surface area contributed by atoms with Gasteiger partial charge in [0.15, 0.2) is 11.5 Å². The zero-order valence-electron chi connectivity index (χ0n) is 13.8. The van der Waals surface area contributed by atoms with Crippen LogP contribution in [0.3, 0.4) is 0 Å². The Morgan fingerprint density at radius 3 is 2.88 bits per heavy atom. The third-order valence-corrected chi connectivity index (χ3v) is 5.72. The second kappa shape index (κ2) is 6.99. The number of ether oxygens (including phenoxy) is 2. The minimum atomic E-state index is 0.287. The van der Waals surface area contributed by atoms with Crippen molar-refractivity contribution in [2.45, 2.75) is 30.3 Å². The van der Waals surface area contributed by atoms with E-state index in [9.17, 15) is 0 Å². The molecule has 5 nitrogen and oxygen atoms in total. The van der Waals surface area contributed by atoms with Crippen molar-refractivity contribution < 1.29 is 9.47 Å². The van der Waals surface area contributed by atoms with Gasteiger partial charge in [-0.2, -0.15) is 0 Å². The molecule has 0 radical (unpaired) electrons. The van der Waals surface area contributed by atoms with E-state index >= 15 is 0 Å². The van der Waals surface area contributed by atoms with Crippen molar-refractivity contribution in [2.24, 2.45) is 0 Å². The van der Waals surface area contributed by atoms with E-state index in [1.165, 1.54) is 25.8 Å². The Morgan fingerprint density at radius 1 is 1.12 bits per heavy atom. The molecular weight excluding hydrogens is 322 g/mol. The van der Waals surface area contributed by atoms with Gasteiger partial charge < -0.3 is 14.4 Å². The summed E-state index contributed by atoms with van der Waals surface area (Å²) in [5.74, 6) is 2.64. The van der Waals surface area contributed by atoms with Crippen molar-refractivity contribution in [1.82, 2.24) is 15.1 Å². The first-order chi connectivity index (χ1) is 11.8. The summed E-state index contributed by atoms with van der Waals surface area (Å²) in [5, 5.41) is 9.74. The highest BCUT2D eigenvalue weighted by molar-refractivity contribution is 7.99. The average Bonchev–Trinajstić information content (AvgIpc) is 3.09. The first-order valence-corrected chi connectivity index (χ1v) is 9.35. The van der Waals surface area contributed by atoms with Gasteiger partial charge in [0.1, 0.15) is 5.03 Å². The number of thioether (sulfide) groups is 1. The van der Waals surface area contributed by atoms with Crippen LogP contribution in [0.4, 0.5) is 0 Å². The second-order valence-electron chi connectivity index (χ2n) is 6.27. The minimum Gasteiger partial charge on any atom is -0.454 e. The maximum atomic E-state index is 5.42. The van der Waals surface area contributed by atoms with Crippen LogP contribution in [-0.2, 0) is 0 Å². The lowest BCUT2D eigenvalue weighted by Crippen LogP contribution is -2.37. The maximum Gasteiger partial charge on any atom is 0.231 e. The number of nitrogens with zero attached hydrogens (tertiary/aromatic N) is 3. The molecule has 1 unspecified atom stereocenters. The summed E-state index contributed by atoms with van der Waals surface area (Å²) in [5.41, 5.74) is 1.85. The van der Waals surface area contributed by atoms with E-state index in [0.29, 0.717) is 6.04 Å². The fourth-order valence-electron chi connectivity index (χ4n) is 3.14. The Labute approximate surface area is 146 Å². The molecule has 126 valence electrons. The standard InChI is InChI=1S/C18H21N3O2S/c1-21-9-3-2-4-14(21)11-24-18-8-6-15(19-20-18)13-5-7-16-17(10-13)23-12-22-16/h5-8,10,14H,2-4,9,11-12H2,1H3. The monoisotopic (exact) mass is 343 g/mol. The van der Waals surface area contributed by atoms with Gasteiger partial charge in [0, 0.05) is 17.4 Å². The lowest BCUT2D eigenvalue weighted by Gasteiger charge is -2.31. The molecule has 1 aromatic carbocycles. The van der Waals surface area contributed by atoms with Crippen molar-refractivity contribution in [3.63, 3.8) is 0 Å². The second-order valence-corrected chi connectivity index (χ2v) is 7.31. The summed E-state index contributed by atoms with van der Waals surface area (Å²) < 4.78 is 10.8. The van der Waals surface area contributed by atoms with Crippen LogP contribution in [0.1, 0.15) is 19.3 Å². The van der Waals surface area contributed by atoms with Crippen molar-refractivity contribution in [3.05, 3.63) is 30.3 Å². The van der Waals surface area contributed by atoms with Gasteiger partial charge in [0.05, 0.1) is 5.69 Å². The number of aromatic nitrogens is 2. The highest BCUT2D eigenvalue weighted by Gasteiger charge is 2.19. The number of likely N-dealkylation sites (tertiary alicyclic amines) is 1. The number of piperidine rings is 1. The molecule has 2 aliphatic rings. The summed E-state index contributed by atoms with van der Waals surface area (Å²) >= 11 is 1.79. The number of rotatable bonds is 4. The molecule has 1 fully saturated rings. The molecule has 1 atom stereocenters. The number of fused-ring (bicyclic) bond motifs is 1. The van der Waals surface area contributed by atoms with Gasteiger partial charge in [-0.25, -0.2) is 0 Å². The lowest BCUT2D eigenvalue weighted by atomic mass is 10.1. The predicted octanol–water partition coefficient (Wildman–Crippen LogP) is 3.45. The normalized spacial score (nSPS) is 20.3. The van der Waals surface area contributed by atoms with Crippen molar-refractivity contribution in [1.29, 1.82) is 0 Å². The molecule has 3 heterocycles. The Kier molecular flexibility index (Phi) is 4.58. The van der Waals surface area contributed by atoms with Crippen LogP contribution in [-0.4, -0.2) is 47.3 Å². The molecule has 1 aromatic heterocycles.